The Labute approximate surface area is 165 Å². The molecule has 5 nitrogen and oxygen atoms in total. The van der Waals surface area contributed by atoms with Crippen LogP contribution in [0.25, 0.3) is 6.08 Å². The summed E-state index contributed by atoms with van der Waals surface area (Å²) in [5.74, 6) is 0. The molecule has 0 radical (unpaired) electrons. The van der Waals surface area contributed by atoms with Crippen molar-refractivity contribution in [2.24, 2.45) is 0 Å². The van der Waals surface area contributed by atoms with E-state index >= 15 is 0 Å². The van der Waals surface area contributed by atoms with Crippen molar-refractivity contribution >= 4 is 21.8 Å². The van der Waals surface area contributed by atoms with Gasteiger partial charge in [-0.1, -0.05) is 44.1 Å². The molecule has 0 aromatic heterocycles. The van der Waals surface area contributed by atoms with Gasteiger partial charge in [-0.25, -0.2) is 8.42 Å². The third-order valence-electron chi connectivity index (χ3n) is 4.35. The van der Waals surface area contributed by atoms with Crippen molar-refractivity contribution < 1.29 is 13.5 Å². The molecule has 0 amide bonds. The van der Waals surface area contributed by atoms with Gasteiger partial charge in [0.2, 0.25) is 10.0 Å². The van der Waals surface area contributed by atoms with Gasteiger partial charge in [-0.2, -0.15) is 0 Å². The molecule has 0 saturated heterocycles. The molecule has 0 aliphatic rings. The van der Waals surface area contributed by atoms with Crippen LogP contribution in [0.15, 0.2) is 30.3 Å². The second-order valence-electron chi connectivity index (χ2n) is 7.74. The van der Waals surface area contributed by atoms with Crippen LogP contribution in [0.2, 0.25) is 0 Å². The van der Waals surface area contributed by atoms with E-state index in [2.05, 4.69) is 28.7 Å². The minimum atomic E-state index is -3.23. The quantitative estimate of drug-likeness (QED) is 0.492. The lowest BCUT2D eigenvalue weighted by Crippen LogP contribution is -2.25. The summed E-state index contributed by atoms with van der Waals surface area (Å²) in [6.45, 7) is 9.11. The average Bonchev–Trinajstić information content (AvgIpc) is 2.55. The first kappa shape index (κ1) is 23.7. The molecule has 0 bridgehead atoms. The van der Waals surface area contributed by atoms with Gasteiger partial charge in [-0.05, 0) is 63.9 Å². The van der Waals surface area contributed by atoms with Crippen LogP contribution < -0.4 is 4.72 Å². The van der Waals surface area contributed by atoms with Crippen LogP contribution in [0.3, 0.4) is 0 Å². The number of sulfonamides is 1. The number of aliphatic hydroxyl groups is 1. The third-order valence-corrected chi connectivity index (χ3v) is 4.95. The van der Waals surface area contributed by atoms with Gasteiger partial charge in [-0.15, -0.1) is 0 Å². The number of benzene rings is 1. The molecular formula is C21H36N2O3S. The topological polar surface area (TPSA) is 69.6 Å². The number of hydrogen-bond donors (Lipinski definition) is 2. The van der Waals surface area contributed by atoms with Gasteiger partial charge >= 0.3 is 0 Å². The van der Waals surface area contributed by atoms with Crippen LogP contribution in [0.5, 0.6) is 0 Å². The molecule has 0 aliphatic carbocycles. The van der Waals surface area contributed by atoms with E-state index in [0.29, 0.717) is 5.69 Å². The minimum absolute atomic E-state index is 0.547. The van der Waals surface area contributed by atoms with E-state index in [9.17, 15) is 13.5 Å². The SMILES string of the molecule is CCN(CCC=Cc1ccc(NS(C)(=O)=O)cc1)CCCCCC(C)(C)O. The zero-order valence-corrected chi connectivity index (χ0v) is 18.1. The van der Waals surface area contributed by atoms with Gasteiger partial charge in [0.25, 0.3) is 0 Å². The Morgan fingerprint density at radius 3 is 2.33 bits per heavy atom. The minimum Gasteiger partial charge on any atom is -0.390 e. The van der Waals surface area contributed by atoms with Crippen molar-refractivity contribution in [1.82, 2.24) is 4.90 Å². The van der Waals surface area contributed by atoms with Crippen molar-refractivity contribution in [1.29, 1.82) is 0 Å². The van der Waals surface area contributed by atoms with Gasteiger partial charge < -0.3 is 10.0 Å². The van der Waals surface area contributed by atoms with Crippen molar-refractivity contribution in [3.63, 3.8) is 0 Å². The Hall–Kier alpha value is -1.37. The van der Waals surface area contributed by atoms with Crippen molar-refractivity contribution in [2.45, 2.75) is 58.5 Å². The monoisotopic (exact) mass is 396 g/mol. The van der Waals surface area contributed by atoms with Gasteiger partial charge in [-0.3, -0.25) is 4.72 Å². The Kier molecular flexibility index (Phi) is 10.1. The Balaban J connectivity index is 2.29. The molecule has 0 atom stereocenters. The van der Waals surface area contributed by atoms with E-state index < -0.39 is 15.6 Å². The summed E-state index contributed by atoms with van der Waals surface area (Å²) in [7, 11) is -3.23. The zero-order chi connectivity index (χ0) is 20.3. The fourth-order valence-corrected chi connectivity index (χ4v) is 3.41. The average molecular weight is 397 g/mol. The predicted molar refractivity (Wildman–Crippen MR) is 115 cm³/mol. The summed E-state index contributed by atoms with van der Waals surface area (Å²) in [5, 5.41) is 9.73. The maximum atomic E-state index is 11.2. The van der Waals surface area contributed by atoms with Gasteiger partial charge in [0.1, 0.15) is 0 Å². The van der Waals surface area contributed by atoms with E-state index in [1.807, 2.05) is 26.0 Å². The molecular weight excluding hydrogens is 360 g/mol. The largest absolute Gasteiger partial charge is 0.390 e. The molecule has 6 heteroatoms. The normalized spacial score (nSPS) is 12.8. The van der Waals surface area contributed by atoms with E-state index in [4.69, 9.17) is 0 Å². The van der Waals surface area contributed by atoms with Crippen LogP contribution in [-0.2, 0) is 10.0 Å². The maximum absolute atomic E-state index is 11.2. The van der Waals surface area contributed by atoms with Crippen LogP contribution in [-0.4, -0.2) is 49.9 Å². The standard InChI is InChI=1S/C21H36N2O3S/c1-5-23(17-9-6-8-16-21(2,3)24)18-10-7-11-19-12-14-20(15-13-19)22-27(4,25)26/h7,11-15,22,24H,5-6,8-10,16-18H2,1-4H3. The van der Waals surface area contributed by atoms with Gasteiger partial charge in [0.15, 0.2) is 0 Å². The molecule has 0 saturated carbocycles. The molecule has 154 valence electrons. The highest BCUT2D eigenvalue weighted by atomic mass is 32.2. The van der Waals surface area contributed by atoms with Crippen LogP contribution in [0, 0.1) is 0 Å². The van der Waals surface area contributed by atoms with E-state index in [0.717, 1.165) is 57.1 Å². The highest BCUT2D eigenvalue weighted by Crippen LogP contribution is 2.14. The first-order valence-corrected chi connectivity index (χ1v) is 11.7. The fraction of sp³-hybridized carbons (Fsp3) is 0.619. The zero-order valence-electron chi connectivity index (χ0n) is 17.2. The number of anilines is 1. The molecule has 1 aromatic carbocycles. The van der Waals surface area contributed by atoms with Crippen LogP contribution in [0.1, 0.15) is 58.4 Å². The number of rotatable bonds is 13. The van der Waals surface area contributed by atoms with Crippen molar-refractivity contribution in [2.75, 3.05) is 30.6 Å². The molecule has 0 spiro atoms. The summed E-state index contributed by atoms with van der Waals surface area (Å²) < 4.78 is 24.9. The maximum Gasteiger partial charge on any atom is 0.229 e. The van der Waals surface area contributed by atoms with Crippen LogP contribution >= 0.6 is 0 Å². The summed E-state index contributed by atoms with van der Waals surface area (Å²) in [6.07, 6.45) is 10.6. The Morgan fingerprint density at radius 2 is 1.78 bits per heavy atom. The summed E-state index contributed by atoms with van der Waals surface area (Å²) >= 11 is 0. The Bertz CT molecular complexity index is 662. The van der Waals surface area contributed by atoms with Crippen molar-refractivity contribution in [3.05, 3.63) is 35.9 Å². The molecule has 0 fully saturated rings. The molecule has 1 rings (SSSR count). The molecule has 27 heavy (non-hydrogen) atoms. The van der Waals surface area contributed by atoms with E-state index in [1.165, 1.54) is 6.42 Å². The lowest BCUT2D eigenvalue weighted by atomic mass is 10.0. The summed E-state index contributed by atoms with van der Waals surface area (Å²) in [4.78, 5) is 2.45. The predicted octanol–water partition coefficient (Wildman–Crippen LogP) is 4.11. The third kappa shape index (κ3) is 12.6. The summed E-state index contributed by atoms with van der Waals surface area (Å²) in [6, 6.07) is 7.36. The Morgan fingerprint density at radius 1 is 1.11 bits per heavy atom. The number of nitrogens with one attached hydrogen (secondary N) is 1. The van der Waals surface area contributed by atoms with E-state index in [1.54, 1.807) is 12.1 Å². The number of unbranched alkanes of at least 4 members (excludes halogenated alkanes) is 2. The van der Waals surface area contributed by atoms with Gasteiger partial charge in [0.05, 0.1) is 11.9 Å². The smallest absolute Gasteiger partial charge is 0.229 e. The second-order valence-corrected chi connectivity index (χ2v) is 9.49. The molecule has 1 aromatic rings. The molecule has 2 N–H and O–H groups in total. The lowest BCUT2D eigenvalue weighted by molar-refractivity contribution is 0.0678. The first-order chi connectivity index (χ1) is 12.6. The first-order valence-electron chi connectivity index (χ1n) is 9.78. The summed E-state index contributed by atoms with van der Waals surface area (Å²) in [5.41, 5.74) is 1.09. The highest BCUT2D eigenvalue weighted by molar-refractivity contribution is 7.92. The highest BCUT2D eigenvalue weighted by Gasteiger charge is 2.11. The molecule has 0 heterocycles. The van der Waals surface area contributed by atoms with E-state index in [-0.39, 0.29) is 0 Å². The molecule has 0 unspecified atom stereocenters. The fourth-order valence-electron chi connectivity index (χ4n) is 2.85. The van der Waals surface area contributed by atoms with Crippen LogP contribution in [0.4, 0.5) is 5.69 Å². The second kappa shape index (κ2) is 11.5. The lowest BCUT2D eigenvalue weighted by Gasteiger charge is -2.20. The number of nitrogens with zero attached hydrogens (tertiary/aromatic N) is 1. The van der Waals surface area contributed by atoms with Crippen molar-refractivity contribution in [3.8, 4) is 0 Å². The number of hydrogen-bond acceptors (Lipinski definition) is 4. The molecule has 0 aliphatic heterocycles. The van der Waals surface area contributed by atoms with Gasteiger partial charge in [0, 0.05) is 12.2 Å².